The Balaban J connectivity index is 2.51. The third kappa shape index (κ3) is 2.47. The lowest BCUT2D eigenvalue weighted by molar-refractivity contribution is 0.600. The summed E-state index contributed by atoms with van der Waals surface area (Å²) in [5.41, 5.74) is 6.86. The molecule has 1 unspecified atom stereocenters. The van der Waals surface area contributed by atoms with E-state index in [2.05, 4.69) is 0 Å². The van der Waals surface area contributed by atoms with Crippen LogP contribution in [0.3, 0.4) is 0 Å². The van der Waals surface area contributed by atoms with Crippen LogP contribution in [-0.2, 0) is 0 Å². The van der Waals surface area contributed by atoms with E-state index in [0.717, 1.165) is 0 Å². The van der Waals surface area contributed by atoms with E-state index in [1.54, 1.807) is 30.3 Å². The third-order valence-corrected chi connectivity index (χ3v) is 3.76. The highest BCUT2D eigenvalue weighted by Gasteiger charge is 2.18. The molecule has 0 fully saturated rings. The first-order valence-electron chi connectivity index (χ1n) is 5.15. The van der Waals surface area contributed by atoms with E-state index in [4.69, 9.17) is 40.5 Å². The largest absolute Gasteiger partial charge is 0.320 e. The topological polar surface area (TPSA) is 26.0 Å². The summed E-state index contributed by atoms with van der Waals surface area (Å²) in [6.07, 6.45) is 0. The van der Waals surface area contributed by atoms with Crippen molar-refractivity contribution in [2.24, 2.45) is 5.73 Å². The zero-order chi connectivity index (χ0) is 13.3. The molecule has 2 N–H and O–H groups in total. The first kappa shape index (κ1) is 13.6. The fourth-order valence-corrected chi connectivity index (χ4v) is 2.30. The highest BCUT2D eigenvalue weighted by Crippen LogP contribution is 2.33. The molecular formula is C13H9Cl3FN. The molecule has 0 bridgehead atoms. The van der Waals surface area contributed by atoms with Crippen molar-refractivity contribution in [2.75, 3.05) is 0 Å². The smallest absolute Gasteiger partial charge is 0.146 e. The predicted octanol–water partition coefficient (Wildman–Crippen LogP) is 4.83. The van der Waals surface area contributed by atoms with Gasteiger partial charge in [-0.25, -0.2) is 4.39 Å². The minimum absolute atomic E-state index is 0.0288. The van der Waals surface area contributed by atoms with Crippen molar-refractivity contribution in [2.45, 2.75) is 6.04 Å². The van der Waals surface area contributed by atoms with Crippen molar-refractivity contribution in [1.29, 1.82) is 0 Å². The summed E-state index contributed by atoms with van der Waals surface area (Å²) in [5, 5.41) is 0.735. The van der Waals surface area contributed by atoms with Crippen LogP contribution >= 0.6 is 34.8 Å². The van der Waals surface area contributed by atoms with Crippen molar-refractivity contribution < 1.29 is 4.39 Å². The van der Waals surface area contributed by atoms with Gasteiger partial charge in [0.05, 0.1) is 21.1 Å². The van der Waals surface area contributed by atoms with Gasteiger partial charge in [-0.1, -0.05) is 59.1 Å². The molecule has 0 aliphatic rings. The Labute approximate surface area is 119 Å². The van der Waals surface area contributed by atoms with Crippen molar-refractivity contribution >= 4 is 34.8 Å². The van der Waals surface area contributed by atoms with E-state index in [1.165, 1.54) is 6.07 Å². The van der Waals surface area contributed by atoms with Gasteiger partial charge in [-0.2, -0.15) is 0 Å². The molecule has 2 rings (SSSR count). The Morgan fingerprint density at radius 2 is 1.44 bits per heavy atom. The third-order valence-electron chi connectivity index (χ3n) is 2.63. The van der Waals surface area contributed by atoms with Gasteiger partial charge in [0.2, 0.25) is 0 Å². The van der Waals surface area contributed by atoms with Gasteiger partial charge in [-0.05, 0) is 17.7 Å². The van der Waals surface area contributed by atoms with Crippen molar-refractivity contribution in [1.82, 2.24) is 0 Å². The fourth-order valence-electron chi connectivity index (χ4n) is 1.69. The van der Waals surface area contributed by atoms with Gasteiger partial charge < -0.3 is 5.73 Å². The van der Waals surface area contributed by atoms with Crippen LogP contribution in [0.2, 0.25) is 15.1 Å². The summed E-state index contributed by atoms with van der Waals surface area (Å²) < 4.78 is 13.9. The molecule has 0 saturated heterocycles. The monoisotopic (exact) mass is 303 g/mol. The van der Waals surface area contributed by atoms with Crippen molar-refractivity contribution in [3.63, 3.8) is 0 Å². The van der Waals surface area contributed by atoms with Gasteiger partial charge >= 0.3 is 0 Å². The zero-order valence-corrected chi connectivity index (χ0v) is 11.4. The van der Waals surface area contributed by atoms with Crippen LogP contribution in [0.25, 0.3) is 0 Å². The highest BCUT2D eigenvalue weighted by molar-refractivity contribution is 6.42. The second-order valence-electron chi connectivity index (χ2n) is 3.76. The lowest BCUT2D eigenvalue weighted by Gasteiger charge is -2.16. The molecule has 0 aromatic heterocycles. The number of rotatable bonds is 2. The molecule has 2 aromatic rings. The van der Waals surface area contributed by atoms with E-state index in [-0.39, 0.29) is 10.6 Å². The van der Waals surface area contributed by atoms with Gasteiger partial charge in [0.15, 0.2) is 0 Å². The van der Waals surface area contributed by atoms with Gasteiger partial charge in [0.1, 0.15) is 5.82 Å². The second kappa shape index (κ2) is 5.45. The van der Waals surface area contributed by atoms with Crippen molar-refractivity contribution in [3.05, 3.63) is 68.4 Å². The molecule has 1 atom stereocenters. The molecule has 0 heterocycles. The maximum atomic E-state index is 13.9. The Kier molecular flexibility index (Phi) is 4.13. The van der Waals surface area contributed by atoms with Crippen LogP contribution in [-0.4, -0.2) is 0 Å². The van der Waals surface area contributed by atoms with E-state index in [0.29, 0.717) is 15.6 Å². The lowest BCUT2D eigenvalue weighted by Crippen LogP contribution is -2.14. The van der Waals surface area contributed by atoms with Crippen LogP contribution in [0.5, 0.6) is 0 Å². The van der Waals surface area contributed by atoms with Crippen LogP contribution in [0.1, 0.15) is 17.2 Å². The standard InChI is InChI=1S/C13H9Cl3FN/c14-9-5-1-3-7(11(9)16)13(18)8-4-2-6-10(15)12(8)17/h1-6,13H,18H2. The minimum atomic E-state index is -0.713. The van der Waals surface area contributed by atoms with Gasteiger partial charge in [-0.15, -0.1) is 0 Å². The highest BCUT2D eigenvalue weighted by atomic mass is 35.5. The Morgan fingerprint density at radius 1 is 0.889 bits per heavy atom. The maximum Gasteiger partial charge on any atom is 0.146 e. The minimum Gasteiger partial charge on any atom is -0.320 e. The summed E-state index contributed by atoms with van der Waals surface area (Å²) in [6, 6.07) is 9.03. The van der Waals surface area contributed by atoms with Crippen LogP contribution in [0, 0.1) is 5.82 Å². The number of hydrogen-bond donors (Lipinski definition) is 1. The molecule has 0 amide bonds. The normalized spacial score (nSPS) is 12.5. The van der Waals surface area contributed by atoms with Crippen molar-refractivity contribution in [3.8, 4) is 0 Å². The van der Waals surface area contributed by atoms with E-state index < -0.39 is 11.9 Å². The summed E-state index contributed by atoms with van der Waals surface area (Å²) >= 11 is 17.7. The van der Waals surface area contributed by atoms with Crippen LogP contribution in [0.15, 0.2) is 36.4 Å². The molecule has 1 nitrogen and oxygen atoms in total. The van der Waals surface area contributed by atoms with E-state index in [9.17, 15) is 4.39 Å². The first-order valence-corrected chi connectivity index (χ1v) is 6.29. The van der Waals surface area contributed by atoms with Crippen LogP contribution < -0.4 is 5.73 Å². The first-order chi connectivity index (χ1) is 8.52. The van der Waals surface area contributed by atoms with Gasteiger partial charge in [0.25, 0.3) is 0 Å². The summed E-state index contributed by atoms with van der Waals surface area (Å²) in [6.45, 7) is 0. The molecule has 0 saturated carbocycles. The second-order valence-corrected chi connectivity index (χ2v) is 4.96. The summed E-state index contributed by atoms with van der Waals surface area (Å²) in [4.78, 5) is 0. The molecule has 0 spiro atoms. The Morgan fingerprint density at radius 3 is 2.11 bits per heavy atom. The predicted molar refractivity (Wildman–Crippen MR) is 73.9 cm³/mol. The number of halogens is 4. The Hall–Kier alpha value is -0.800. The average Bonchev–Trinajstić information content (AvgIpc) is 2.35. The van der Waals surface area contributed by atoms with E-state index in [1.807, 2.05) is 0 Å². The summed E-state index contributed by atoms with van der Waals surface area (Å²) in [5.74, 6) is -0.539. The zero-order valence-electron chi connectivity index (χ0n) is 9.13. The molecule has 5 heteroatoms. The van der Waals surface area contributed by atoms with E-state index >= 15 is 0 Å². The molecule has 94 valence electrons. The molecule has 0 radical (unpaired) electrons. The molecular weight excluding hydrogens is 296 g/mol. The Bertz CT molecular complexity index is 535. The van der Waals surface area contributed by atoms with Gasteiger partial charge in [-0.3, -0.25) is 0 Å². The average molecular weight is 305 g/mol. The SMILES string of the molecule is NC(c1cccc(Cl)c1F)c1cccc(Cl)c1Cl. The molecule has 0 aliphatic heterocycles. The fraction of sp³-hybridized carbons (Fsp3) is 0.0769. The summed E-state index contributed by atoms with van der Waals surface area (Å²) in [7, 11) is 0. The lowest BCUT2D eigenvalue weighted by atomic mass is 9.99. The maximum absolute atomic E-state index is 13.9. The number of nitrogens with two attached hydrogens (primary N) is 1. The number of hydrogen-bond acceptors (Lipinski definition) is 1. The van der Waals surface area contributed by atoms with Gasteiger partial charge in [0, 0.05) is 5.56 Å². The quantitative estimate of drug-likeness (QED) is 0.844. The molecule has 0 aliphatic carbocycles. The molecule has 2 aromatic carbocycles. The van der Waals surface area contributed by atoms with Crippen LogP contribution in [0.4, 0.5) is 4.39 Å². The number of benzene rings is 2. The molecule has 18 heavy (non-hydrogen) atoms.